The molecule has 0 radical (unpaired) electrons. The summed E-state index contributed by atoms with van der Waals surface area (Å²) in [6.07, 6.45) is 1.19. The first-order chi connectivity index (χ1) is 8.31. The van der Waals surface area contributed by atoms with Crippen LogP contribution in [-0.2, 0) is 5.88 Å². The van der Waals surface area contributed by atoms with Crippen LogP contribution in [0.1, 0.15) is 18.3 Å². The summed E-state index contributed by atoms with van der Waals surface area (Å²) in [5.41, 5.74) is 1.99. The Bertz CT molecular complexity index is 547. The Morgan fingerprint density at radius 2 is 2.35 bits per heavy atom. The van der Waals surface area contributed by atoms with Gasteiger partial charge >= 0.3 is 0 Å². The summed E-state index contributed by atoms with van der Waals surface area (Å²) in [6, 6.07) is 6.44. The second kappa shape index (κ2) is 4.71. The number of thioether (sulfide) groups is 1. The third kappa shape index (κ3) is 1.94. The molecule has 2 nitrogen and oxygen atoms in total. The molecular formula is C12H12Cl2N2S. The van der Waals surface area contributed by atoms with Crippen LogP contribution in [0.4, 0.5) is 0 Å². The summed E-state index contributed by atoms with van der Waals surface area (Å²) in [5.74, 6) is 3.72. The fourth-order valence-electron chi connectivity index (χ4n) is 2.36. The molecule has 1 aromatic heterocycles. The van der Waals surface area contributed by atoms with Crippen LogP contribution in [0.15, 0.2) is 18.2 Å². The van der Waals surface area contributed by atoms with Crippen LogP contribution in [0.25, 0.3) is 11.0 Å². The number of nitrogens with zero attached hydrogens (tertiary/aromatic N) is 2. The summed E-state index contributed by atoms with van der Waals surface area (Å²) in [6.45, 7) is 0. The van der Waals surface area contributed by atoms with Gasteiger partial charge in [0, 0.05) is 11.8 Å². The van der Waals surface area contributed by atoms with Gasteiger partial charge in [0.2, 0.25) is 0 Å². The van der Waals surface area contributed by atoms with Gasteiger partial charge in [-0.2, -0.15) is 11.8 Å². The van der Waals surface area contributed by atoms with E-state index in [0.717, 1.165) is 22.6 Å². The second-order valence-electron chi connectivity index (χ2n) is 4.16. The Balaban J connectivity index is 2.22. The average molecular weight is 287 g/mol. The van der Waals surface area contributed by atoms with Crippen LogP contribution in [-0.4, -0.2) is 21.1 Å². The lowest BCUT2D eigenvalue weighted by Gasteiger charge is -2.14. The molecule has 0 saturated carbocycles. The van der Waals surface area contributed by atoms with Crippen LogP contribution in [0.2, 0.25) is 5.02 Å². The highest BCUT2D eigenvalue weighted by atomic mass is 35.5. The lowest BCUT2D eigenvalue weighted by Crippen LogP contribution is -2.10. The highest BCUT2D eigenvalue weighted by molar-refractivity contribution is 7.99. The van der Waals surface area contributed by atoms with Gasteiger partial charge in [0.05, 0.1) is 16.4 Å². The van der Waals surface area contributed by atoms with Crippen molar-refractivity contribution in [3.63, 3.8) is 0 Å². The third-order valence-corrected chi connectivity index (χ3v) is 4.82. The predicted octanol–water partition coefficient (Wildman–Crippen LogP) is 4.11. The highest BCUT2D eigenvalue weighted by Gasteiger charge is 2.23. The summed E-state index contributed by atoms with van der Waals surface area (Å²) in [4.78, 5) is 4.57. The molecule has 1 unspecified atom stereocenters. The van der Waals surface area contributed by atoms with Crippen molar-refractivity contribution in [1.82, 2.24) is 9.55 Å². The summed E-state index contributed by atoms with van der Waals surface area (Å²) in [5, 5.41) is 0.707. The molecule has 2 aromatic rings. The van der Waals surface area contributed by atoms with Gasteiger partial charge < -0.3 is 4.57 Å². The molecule has 0 bridgehead atoms. The number of halogens is 2. The fraction of sp³-hybridized carbons (Fsp3) is 0.417. The fourth-order valence-corrected chi connectivity index (χ4v) is 3.95. The zero-order valence-corrected chi connectivity index (χ0v) is 11.5. The number of hydrogen-bond donors (Lipinski definition) is 0. The van der Waals surface area contributed by atoms with Gasteiger partial charge in [-0.15, -0.1) is 11.6 Å². The Morgan fingerprint density at radius 3 is 3.06 bits per heavy atom. The van der Waals surface area contributed by atoms with E-state index < -0.39 is 0 Å². The molecule has 1 aliphatic heterocycles. The van der Waals surface area contributed by atoms with E-state index in [1.165, 1.54) is 12.2 Å². The number of benzene rings is 1. The maximum Gasteiger partial charge on any atom is 0.125 e. The van der Waals surface area contributed by atoms with E-state index in [0.29, 0.717) is 16.9 Å². The van der Waals surface area contributed by atoms with Gasteiger partial charge in [0.15, 0.2) is 0 Å². The largest absolute Gasteiger partial charge is 0.323 e. The van der Waals surface area contributed by atoms with Crippen molar-refractivity contribution in [3.05, 3.63) is 29.0 Å². The number of rotatable bonds is 2. The number of imidazole rings is 1. The minimum Gasteiger partial charge on any atom is -0.323 e. The smallest absolute Gasteiger partial charge is 0.125 e. The Morgan fingerprint density at radius 1 is 1.47 bits per heavy atom. The summed E-state index contributed by atoms with van der Waals surface area (Å²) < 4.78 is 2.27. The average Bonchev–Trinajstić information content (AvgIpc) is 2.94. The molecule has 0 aliphatic carbocycles. The number of para-hydroxylation sites is 1. The highest BCUT2D eigenvalue weighted by Crippen LogP contribution is 2.34. The van der Waals surface area contributed by atoms with Gasteiger partial charge in [-0.05, 0) is 24.3 Å². The number of fused-ring (bicyclic) bond motifs is 1. The molecule has 0 amide bonds. The quantitative estimate of drug-likeness (QED) is 0.774. The minimum absolute atomic E-state index is 0.437. The Kier molecular flexibility index (Phi) is 3.24. The predicted molar refractivity (Wildman–Crippen MR) is 75.3 cm³/mol. The number of aromatic nitrogens is 2. The first-order valence-corrected chi connectivity index (χ1v) is 7.67. The standard InChI is InChI=1S/C12H12Cl2N2S/c13-6-11-15-12-9(14)2-1-3-10(12)16(11)8-4-5-17-7-8/h1-3,8H,4-7H2. The normalized spacial score (nSPS) is 20.2. The molecule has 5 heteroatoms. The van der Waals surface area contributed by atoms with Gasteiger partial charge in [0.25, 0.3) is 0 Å². The molecule has 2 heterocycles. The van der Waals surface area contributed by atoms with E-state index in [1.807, 2.05) is 23.9 Å². The monoisotopic (exact) mass is 286 g/mol. The Labute approximate surface area is 114 Å². The molecule has 90 valence electrons. The van der Waals surface area contributed by atoms with E-state index >= 15 is 0 Å². The zero-order chi connectivity index (χ0) is 11.8. The molecule has 1 atom stereocenters. The third-order valence-electron chi connectivity index (χ3n) is 3.13. The van der Waals surface area contributed by atoms with E-state index in [9.17, 15) is 0 Å². The summed E-state index contributed by atoms with van der Waals surface area (Å²) >= 11 is 14.2. The molecule has 3 rings (SSSR count). The van der Waals surface area contributed by atoms with Crippen molar-refractivity contribution in [2.24, 2.45) is 0 Å². The van der Waals surface area contributed by atoms with Crippen LogP contribution < -0.4 is 0 Å². The van der Waals surface area contributed by atoms with Crippen molar-refractivity contribution in [2.75, 3.05) is 11.5 Å². The molecule has 0 N–H and O–H groups in total. The first kappa shape index (κ1) is 11.7. The van der Waals surface area contributed by atoms with E-state index in [4.69, 9.17) is 23.2 Å². The maximum atomic E-state index is 6.18. The lowest BCUT2D eigenvalue weighted by molar-refractivity contribution is 0.558. The SMILES string of the molecule is ClCc1nc2c(Cl)cccc2n1C1CCSC1. The van der Waals surface area contributed by atoms with Gasteiger partial charge in [-0.1, -0.05) is 17.7 Å². The van der Waals surface area contributed by atoms with Crippen LogP contribution in [0.3, 0.4) is 0 Å². The molecule has 1 aliphatic rings. The summed E-state index contributed by atoms with van der Waals surface area (Å²) in [7, 11) is 0. The van der Waals surface area contributed by atoms with Gasteiger partial charge in [-0.3, -0.25) is 0 Å². The second-order valence-corrected chi connectivity index (χ2v) is 5.98. The van der Waals surface area contributed by atoms with Crippen LogP contribution in [0, 0.1) is 0 Å². The van der Waals surface area contributed by atoms with Gasteiger partial charge in [0.1, 0.15) is 11.3 Å². The van der Waals surface area contributed by atoms with Crippen molar-refractivity contribution in [3.8, 4) is 0 Å². The van der Waals surface area contributed by atoms with Crippen LogP contribution >= 0.6 is 35.0 Å². The maximum absolute atomic E-state index is 6.18. The topological polar surface area (TPSA) is 17.8 Å². The number of hydrogen-bond acceptors (Lipinski definition) is 2. The lowest BCUT2D eigenvalue weighted by atomic mass is 10.2. The van der Waals surface area contributed by atoms with Crippen molar-refractivity contribution in [1.29, 1.82) is 0 Å². The van der Waals surface area contributed by atoms with Crippen molar-refractivity contribution < 1.29 is 0 Å². The first-order valence-electron chi connectivity index (χ1n) is 5.60. The molecule has 1 aromatic carbocycles. The molecule has 1 saturated heterocycles. The van der Waals surface area contributed by atoms with Gasteiger partial charge in [-0.25, -0.2) is 4.98 Å². The van der Waals surface area contributed by atoms with E-state index in [-0.39, 0.29) is 0 Å². The Hall–Kier alpha value is -0.380. The van der Waals surface area contributed by atoms with Crippen LogP contribution in [0.5, 0.6) is 0 Å². The molecule has 1 fully saturated rings. The molecule has 17 heavy (non-hydrogen) atoms. The molecule has 0 spiro atoms. The van der Waals surface area contributed by atoms with E-state index in [2.05, 4.69) is 15.6 Å². The van der Waals surface area contributed by atoms with E-state index in [1.54, 1.807) is 0 Å². The number of alkyl halides is 1. The minimum atomic E-state index is 0.437. The van der Waals surface area contributed by atoms with Crippen molar-refractivity contribution >= 4 is 46.0 Å². The molecular weight excluding hydrogens is 275 g/mol. The zero-order valence-electron chi connectivity index (χ0n) is 9.20. The van der Waals surface area contributed by atoms with Crippen molar-refractivity contribution in [2.45, 2.75) is 18.3 Å².